The number of hydrogen-bond acceptors (Lipinski definition) is 7. The van der Waals surface area contributed by atoms with Crippen molar-refractivity contribution in [2.45, 2.75) is 23.5 Å². The summed E-state index contributed by atoms with van der Waals surface area (Å²) in [5.74, 6) is 0.561. The number of likely N-dealkylation sites (tertiary alicyclic amines) is 1. The van der Waals surface area contributed by atoms with E-state index < -0.39 is 0 Å². The number of aromatic nitrogens is 1. The minimum absolute atomic E-state index is 0.0192. The fourth-order valence-electron chi connectivity index (χ4n) is 3.59. The van der Waals surface area contributed by atoms with Gasteiger partial charge in [-0.2, -0.15) is 0 Å². The normalized spacial score (nSPS) is 14.8. The molecule has 1 amide bonds. The number of nitrogens with two attached hydrogens (primary N) is 1. The summed E-state index contributed by atoms with van der Waals surface area (Å²) in [5.41, 5.74) is 8.54. The van der Waals surface area contributed by atoms with Gasteiger partial charge < -0.3 is 15.4 Å². The number of hydrogen-bond donors (Lipinski definition) is 1. The molecule has 0 unspecified atom stereocenters. The monoisotopic (exact) mass is 441 g/mol. The number of rotatable bonds is 5. The fourth-order valence-corrected chi connectivity index (χ4v) is 5.33. The molecule has 6 nitrogen and oxygen atoms in total. The van der Waals surface area contributed by atoms with Gasteiger partial charge in [0.05, 0.1) is 23.2 Å². The minimum atomic E-state index is -0.179. The first-order valence-corrected chi connectivity index (χ1v) is 11.6. The molecular weight excluding hydrogens is 418 g/mol. The molecule has 1 aromatic heterocycles. The lowest BCUT2D eigenvalue weighted by Crippen LogP contribution is -2.40. The summed E-state index contributed by atoms with van der Waals surface area (Å²) in [6, 6.07) is 14.0. The van der Waals surface area contributed by atoms with Crippen LogP contribution in [0.4, 0.5) is 5.13 Å². The number of nitrogen functional groups attached to an aromatic ring is 1. The number of benzene rings is 2. The van der Waals surface area contributed by atoms with E-state index in [1.165, 1.54) is 23.3 Å². The average Bonchev–Trinajstić information content (AvgIpc) is 3.16. The van der Waals surface area contributed by atoms with Crippen molar-refractivity contribution in [1.29, 1.82) is 0 Å². The summed E-state index contributed by atoms with van der Waals surface area (Å²) < 4.78 is 5.90. The Morgan fingerprint density at radius 2 is 1.93 bits per heavy atom. The second kappa shape index (κ2) is 9.06. The molecule has 0 radical (unpaired) electrons. The van der Waals surface area contributed by atoms with Crippen LogP contribution >= 0.6 is 23.1 Å². The summed E-state index contributed by atoms with van der Waals surface area (Å²) in [4.78, 5) is 31.7. The molecule has 0 spiro atoms. The van der Waals surface area contributed by atoms with Crippen molar-refractivity contribution in [1.82, 2.24) is 9.88 Å². The maximum Gasteiger partial charge on any atom is 0.308 e. The van der Waals surface area contributed by atoms with Crippen LogP contribution in [-0.2, 0) is 15.3 Å². The first-order valence-electron chi connectivity index (χ1n) is 9.78. The summed E-state index contributed by atoms with van der Waals surface area (Å²) in [6.45, 7) is 1.17. The number of thioether (sulfide) groups is 1. The Balaban J connectivity index is 1.33. The number of carbonyl (C=O) groups excluding carboxylic acids is 2. The Hall–Kier alpha value is -2.58. The van der Waals surface area contributed by atoms with E-state index in [0.29, 0.717) is 36.6 Å². The van der Waals surface area contributed by atoms with Gasteiger partial charge in [-0.1, -0.05) is 23.5 Å². The highest BCUT2D eigenvalue weighted by molar-refractivity contribution is 7.98. The molecule has 30 heavy (non-hydrogen) atoms. The number of nitrogens with zero attached hydrogens (tertiary/aromatic N) is 2. The van der Waals surface area contributed by atoms with E-state index >= 15 is 0 Å². The van der Waals surface area contributed by atoms with Gasteiger partial charge in [-0.3, -0.25) is 9.59 Å². The zero-order valence-corrected chi connectivity index (χ0v) is 18.3. The predicted molar refractivity (Wildman–Crippen MR) is 121 cm³/mol. The van der Waals surface area contributed by atoms with Crippen LogP contribution in [0.5, 0.6) is 0 Å². The third-order valence-corrected chi connectivity index (χ3v) is 7.21. The lowest BCUT2D eigenvalue weighted by molar-refractivity contribution is -0.146. The maximum atomic E-state index is 12.8. The van der Waals surface area contributed by atoms with Crippen LogP contribution in [0.2, 0.25) is 0 Å². The molecule has 4 rings (SSSR count). The van der Waals surface area contributed by atoms with Gasteiger partial charge in [-0.15, -0.1) is 11.8 Å². The quantitative estimate of drug-likeness (QED) is 0.472. The molecule has 1 fully saturated rings. The number of thiazole rings is 1. The molecule has 1 aliphatic rings. The Bertz CT molecular complexity index is 1060. The van der Waals surface area contributed by atoms with Gasteiger partial charge in [-0.25, -0.2) is 4.98 Å². The summed E-state index contributed by atoms with van der Waals surface area (Å²) in [5, 5.41) is 0.585. The summed E-state index contributed by atoms with van der Waals surface area (Å²) >= 11 is 3.24. The van der Waals surface area contributed by atoms with E-state index in [1.807, 2.05) is 35.2 Å². The zero-order valence-electron chi connectivity index (χ0n) is 16.7. The highest BCUT2D eigenvalue weighted by Crippen LogP contribution is 2.30. The van der Waals surface area contributed by atoms with Crippen molar-refractivity contribution in [3.8, 4) is 0 Å². The molecule has 1 saturated heterocycles. The molecule has 1 aliphatic heterocycles. The molecule has 3 aromatic rings. The smallest absolute Gasteiger partial charge is 0.308 e. The van der Waals surface area contributed by atoms with Gasteiger partial charge >= 0.3 is 5.97 Å². The van der Waals surface area contributed by atoms with Crippen LogP contribution in [0.15, 0.2) is 47.4 Å². The Morgan fingerprint density at radius 3 is 2.63 bits per heavy atom. The molecular formula is C22H23N3O3S2. The number of ether oxygens (including phenoxy) is 1. The van der Waals surface area contributed by atoms with Gasteiger partial charge in [0.25, 0.3) is 5.91 Å². The van der Waals surface area contributed by atoms with Crippen molar-refractivity contribution < 1.29 is 14.3 Å². The first-order chi connectivity index (χ1) is 14.5. The first kappa shape index (κ1) is 20.7. The topological polar surface area (TPSA) is 85.5 Å². The van der Waals surface area contributed by atoms with Crippen molar-refractivity contribution >= 4 is 50.3 Å². The number of fused-ring (bicyclic) bond motifs is 1. The van der Waals surface area contributed by atoms with Crippen LogP contribution in [0.3, 0.4) is 0 Å². The lowest BCUT2D eigenvalue weighted by atomic mass is 9.96. The summed E-state index contributed by atoms with van der Waals surface area (Å²) in [6.07, 6.45) is 1.31. The van der Waals surface area contributed by atoms with E-state index in [2.05, 4.69) is 17.1 Å². The van der Waals surface area contributed by atoms with Crippen LogP contribution in [0.25, 0.3) is 10.2 Å². The standard InChI is InChI=1S/C22H23N3O3S2/c1-28-21(27)16-8-10-25(11-9-16)20(26)15-4-2-14(3-5-15)13-29-17-6-7-18-19(12-17)30-22(23)24-18/h2-7,12,16H,8-11,13H2,1H3,(H2,23,24). The van der Waals surface area contributed by atoms with E-state index in [0.717, 1.165) is 21.5 Å². The Labute approximate surface area is 183 Å². The van der Waals surface area contributed by atoms with E-state index in [1.54, 1.807) is 11.8 Å². The van der Waals surface area contributed by atoms with Crippen molar-refractivity contribution in [2.75, 3.05) is 25.9 Å². The van der Waals surface area contributed by atoms with Crippen molar-refractivity contribution in [2.24, 2.45) is 5.92 Å². The van der Waals surface area contributed by atoms with Gasteiger partial charge in [0.15, 0.2) is 5.13 Å². The molecule has 0 saturated carbocycles. The number of carbonyl (C=O) groups is 2. The number of amides is 1. The molecule has 0 aliphatic carbocycles. The number of piperidine rings is 1. The average molecular weight is 442 g/mol. The van der Waals surface area contributed by atoms with Gasteiger partial charge in [-0.05, 0) is 48.7 Å². The molecule has 2 N–H and O–H groups in total. The van der Waals surface area contributed by atoms with E-state index in [4.69, 9.17) is 10.5 Å². The Kier molecular flexibility index (Phi) is 6.24. The van der Waals surface area contributed by atoms with Gasteiger partial charge in [0, 0.05) is 29.3 Å². The Morgan fingerprint density at radius 1 is 1.20 bits per heavy atom. The third-order valence-electron chi connectivity index (χ3n) is 5.30. The second-order valence-electron chi connectivity index (χ2n) is 7.26. The molecule has 2 heterocycles. The number of methoxy groups -OCH3 is 1. The molecule has 8 heteroatoms. The van der Waals surface area contributed by atoms with Crippen LogP contribution < -0.4 is 5.73 Å². The lowest BCUT2D eigenvalue weighted by Gasteiger charge is -2.30. The molecule has 0 bridgehead atoms. The largest absolute Gasteiger partial charge is 0.469 e. The van der Waals surface area contributed by atoms with E-state index in [-0.39, 0.29) is 17.8 Å². The fraction of sp³-hybridized carbons (Fsp3) is 0.318. The van der Waals surface area contributed by atoms with Crippen molar-refractivity contribution in [3.05, 3.63) is 53.6 Å². The second-order valence-corrected chi connectivity index (χ2v) is 9.37. The molecule has 2 aromatic carbocycles. The van der Waals surface area contributed by atoms with Crippen molar-refractivity contribution in [3.63, 3.8) is 0 Å². The SMILES string of the molecule is COC(=O)C1CCN(C(=O)c2ccc(CSc3ccc4nc(N)sc4c3)cc2)CC1. The zero-order chi connectivity index (χ0) is 21.1. The minimum Gasteiger partial charge on any atom is -0.469 e. The van der Waals surface area contributed by atoms with Gasteiger partial charge in [0.2, 0.25) is 0 Å². The number of anilines is 1. The van der Waals surface area contributed by atoms with E-state index in [9.17, 15) is 9.59 Å². The van der Waals surface area contributed by atoms with Crippen LogP contribution in [0, 0.1) is 5.92 Å². The highest BCUT2D eigenvalue weighted by Gasteiger charge is 2.28. The highest BCUT2D eigenvalue weighted by atomic mass is 32.2. The molecule has 156 valence electrons. The number of esters is 1. The molecule has 0 atom stereocenters. The third kappa shape index (κ3) is 4.60. The van der Waals surface area contributed by atoms with Crippen LogP contribution in [-0.4, -0.2) is 42.0 Å². The summed E-state index contributed by atoms with van der Waals surface area (Å²) in [7, 11) is 1.41. The predicted octanol–water partition coefficient (Wildman–Crippen LogP) is 4.20. The van der Waals surface area contributed by atoms with Gasteiger partial charge in [0.1, 0.15) is 0 Å². The maximum absolute atomic E-state index is 12.8. The van der Waals surface area contributed by atoms with Crippen LogP contribution in [0.1, 0.15) is 28.8 Å².